The predicted molar refractivity (Wildman–Crippen MR) is 110 cm³/mol. The largest absolute Gasteiger partial charge is 0.502 e. The van der Waals surface area contributed by atoms with Crippen LogP contribution in [-0.2, 0) is 13.6 Å². The minimum absolute atomic E-state index is 0.0874. The Labute approximate surface area is 171 Å². The number of hydrogen-bond donors (Lipinski definition) is 1. The quantitative estimate of drug-likeness (QED) is 0.567. The van der Waals surface area contributed by atoms with Gasteiger partial charge in [0.05, 0.1) is 24.0 Å². The van der Waals surface area contributed by atoms with Crippen molar-refractivity contribution in [3.8, 4) is 5.75 Å². The summed E-state index contributed by atoms with van der Waals surface area (Å²) < 4.78 is 3.24. The standard InChI is InChI=1S/C22H19N5O3/c1-25-17-9-5-8-15(16(17)10-23-25)18-13-26(12-14-6-3-2-4-7-14)22(30)20-21(29)19(28)11-24-27(18)20/h2-11,18,29H,12-13H2,1H3. The summed E-state index contributed by atoms with van der Waals surface area (Å²) in [4.78, 5) is 26.9. The third-order valence-corrected chi connectivity index (χ3v) is 5.57. The van der Waals surface area contributed by atoms with Gasteiger partial charge in [0.15, 0.2) is 11.4 Å². The first-order valence-corrected chi connectivity index (χ1v) is 9.59. The molecule has 5 rings (SSSR count). The predicted octanol–water partition coefficient (Wildman–Crippen LogP) is 2.08. The molecule has 0 saturated heterocycles. The highest BCUT2D eigenvalue weighted by Crippen LogP contribution is 2.33. The Morgan fingerprint density at radius 1 is 1.03 bits per heavy atom. The summed E-state index contributed by atoms with van der Waals surface area (Å²) in [6.07, 6.45) is 2.83. The molecule has 1 atom stereocenters. The average molecular weight is 401 g/mol. The molecule has 30 heavy (non-hydrogen) atoms. The molecule has 2 aromatic carbocycles. The number of hydrogen-bond acceptors (Lipinski definition) is 5. The van der Waals surface area contributed by atoms with Crippen LogP contribution in [0.2, 0.25) is 0 Å². The molecule has 1 unspecified atom stereocenters. The first kappa shape index (κ1) is 18.1. The number of aromatic hydroxyl groups is 1. The summed E-state index contributed by atoms with van der Waals surface area (Å²) >= 11 is 0. The van der Waals surface area contributed by atoms with Crippen molar-refractivity contribution in [1.82, 2.24) is 24.5 Å². The second-order valence-corrected chi connectivity index (χ2v) is 7.39. The van der Waals surface area contributed by atoms with Crippen molar-refractivity contribution in [2.24, 2.45) is 7.05 Å². The fourth-order valence-corrected chi connectivity index (χ4v) is 4.07. The van der Waals surface area contributed by atoms with Crippen molar-refractivity contribution < 1.29 is 9.90 Å². The van der Waals surface area contributed by atoms with Crippen LogP contribution in [0.5, 0.6) is 5.75 Å². The van der Waals surface area contributed by atoms with E-state index in [1.54, 1.807) is 15.8 Å². The van der Waals surface area contributed by atoms with Gasteiger partial charge in [-0.05, 0) is 17.2 Å². The van der Waals surface area contributed by atoms with Crippen molar-refractivity contribution in [2.75, 3.05) is 6.54 Å². The minimum Gasteiger partial charge on any atom is -0.502 e. The highest BCUT2D eigenvalue weighted by Gasteiger charge is 2.36. The number of aromatic nitrogens is 4. The average Bonchev–Trinajstić information content (AvgIpc) is 3.14. The SMILES string of the molecule is Cn1ncc2c(C3CN(Cc4ccccc4)C(=O)c4c(O)c(=O)cnn43)cccc21. The lowest BCUT2D eigenvalue weighted by molar-refractivity contribution is 0.0650. The first-order valence-electron chi connectivity index (χ1n) is 9.59. The van der Waals surface area contributed by atoms with E-state index in [0.717, 1.165) is 28.2 Å². The fraction of sp³-hybridized carbons (Fsp3) is 0.182. The van der Waals surface area contributed by atoms with E-state index in [1.807, 2.05) is 55.6 Å². The van der Waals surface area contributed by atoms with Gasteiger partial charge in [0, 0.05) is 25.5 Å². The minimum atomic E-state index is -0.672. The lowest BCUT2D eigenvalue weighted by Crippen LogP contribution is -2.45. The van der Waals surface area contributed by atoms with Gasteiger partial charge < -0.3 is 10.0 Å². The van der Waals surface area contributed by atoms with Crippen LogP contribution in [0.3, 0.4) is 0 Å². The zero-order valence-electron chi connectivity index (χ0n) is 16.3. The highest BCUT2D eigenvalue weighted by molar-refractivity contribution is 5.96. The fourth-order valence-electron chi connectivity index (χ4n) is 4.07. The Balaban J connectivity index is 1.68. The van der Waals surface area contributed by atoms with Gasteiger partial charge in [-0.15, -0.1) is 0 Å². The molecular weight excluding hydrogens is 382 g/mol. The van der Waals surface area contributed by atoms with E-state index in [1.165, 1.54) is 4.68 Å². The van der Waals surface area contributed by atoms with Crippen LogP contribution >= 0.6 is 0 Å². The van der Waals surface area contributed by atoms with Gasteiger partial charge in [-0.2, -0.15) is 10.2 Å². The molecule has 1 aliphatic heterocycles. The van der Waals surface area contributed by atoms with Crippen LogP contribution in [0.4, 0.5) is 0 Å². The maximum atomic E-state index is 13.2. The third kappa shape index (κ3) is 2.76. The Hall–Kier alpha value is -3.94. The van der Waals surface area contributed by atoms with Crippen LogP contribution in [0.15, 0.2) is 65.7 Å². The Kier molecular flexibility index (Phi) is 4.13. The summed E-state index contributed by atoms with van der Waals surface area (Å²) in [6.45, 7) is 0.714. The van der Waals surface area contributed by atoms with Gasteiger partial charge in [-0.3, -0.25) is 14.3 Å². The molecule has 0 bridgehead atoms. The normalized spacial score (nSPS) is 16.1. The smallest absolute Gasteiger partial charge is 0.276 e. The van der Waals surface area contributed by atoms with Crippen molar-refractivity contribution in [1.29, 1.82) is 0 Å². The van der Waals surface area contributed by atoms with Crippen LogP contribution in [0.25, 0.3) is 10.9 Å². The van der Waals surface area contributed by atoms with Crippen molar-refractivity contribution >= 4 is 16.8 Å². The van der Waals surface area contributed by atoms with E-state index in [4.69, 9.17) is 0 Å². The molecule has 150 valence electrons. The Bertz CT molecular complexity index is 1330. The van der Waals surface area contributed by atoms with Gasteiger partial charge in [0.1, 0.15) is 0 Å². The number of carbonyl (C=O) groups excluding carboxylic acids is 1. The Morgan fingerprint density at radius 3 is 2.63 bits per heavy atom. The maximum Gasteiger partial charge on any atom is 0.276 e. The molecule has 0 fully saturated rings. The molecule has 2 aromatic heterocycles. The molecule has 0 radical (unpaired) electrons. The number of fused-ring (bicyclic) bond motifs is 2. The summed E-state index contributed by atoms with van der Waals surface area (Å²) in [7, 11) is 1.87. The molecule has 3 heterocycles. The molecule has 4 aromatic rings. The molecule has 1 N–H and O–H groups in total. The van der Waals surface area contributed by atoms with E-state index in [-0.39, 0.29) is 11.7 Å². The van der Waals surface area contributed by atoms with Crippen molar-refractivity contribution in [2.45, 2.75) is 12.6 Å². The maximum absolute atomic E-state index is 13.2. The summed E-state index contributed by atoms with van der Waals surface area (Å²) in [5.74, 6) is -0.993. The summed E-state index contributed by atoms with van der Waals surface area (Å²) in [5, 5.41) is 19.9. The van der Waals surface area contributed by atoms with Crippen LogP contribution < -0.4 is 5.43 Å². The van der Waals surface area contributed by atoms with E-state index in [9.17, 15) is 14.7 Å². The summed E-state index contributed by atoms with van der Waals surface area (Å²) in [6, 6.07) is 15.1. The number of aryl methyl sites for hydroxylation is 1. The van der Waals surface area contributed by atoms with Crippen molar-refractivity contribution in [3.05, 3.63) is 88.0 Å². The number of benzene rings is 2. The molecule has 1 amide bonds. The molecule has 8 heteroatoms. The van der Waals surface area contributed by atoms with Gasteiger partial charge in [-0.25, -0.2) is 4.68 Å². The number of nitrogens with zero attached hydrogens (tertiary/aromatic N) is 5. The van der Waals surface area contributed by atoms with Gasteiger partial charge >= 0.3 is 0 Å². The molecule has 1 aliphatic rings. The first-order chi connectivity index (χ1) is 14.5. The molecule has 8 nitrogen and oxygen atoms in total. The van der Waals surface area contributed by atoms with E-state index in [2.05, 4.69) is 10.2 Å². The Morgan fingerprint density at radius 2 is 1.83 bits per heavy atom. The second kappa shape index (κ2) is 6.84. The van der Waals surface area contributed by atoms with Gasteiger partial charge in [0.2, 0.25) is 5.43 Å². The zero-order chi connectivity index (χ0) is 20.8. The molecule has 0 saturated carbocycles. The van der Waals surface area contributed by atoms with Crippen LogP contribution in [-0.4, -0.2) is 42.0 Å². The summed E-state index contributed by atoms with van der Waals surface area (Å²) in [5.41, 5.74) is 2.07. The molecule has 0 spiro atoms. The number of rotatable bonds is 3. The topological polar surface area (TPSA) is 93.2 Å². The van der Waals surface area contributed by atoms with E-state index < -0.39 is 17.1 Å². The number of amides is 1. The lowest BCUT2D eigenvalue weighted by Gasteiger charge is -2.35. The second-order valence-electron chi connectivity index (χ2n) is 7.39. The van der Waals surface area contributed by atoms with E-state index >= 15 is 0 Å². The van der Waals surface area contributed by atoms with Gasteiger partial charge in [-0.1, -0.05) is 42.5 Å². The zero-order valence-corrected chi connectivity index (χ0v) is 16.3. The number of carbonyl (C=O) groups is 1. The molecule has 0 aliphatic carbocycles. The third-order valence-electron chi connectivity index (χ3n) is 5.57. The highest BCUT2D eigenvalue weighted by atomic mass is 16.3. The van der Waals surface area contributed by atoms with Crippen LogP contribution in [0.1, 0.15) is 27.7 Å². The van der Waals surface area contributed by atoms with Crippen LogP contribution in [0, 0.1) is 0 Å². The lowest BCUT2D eigenvalue weighted by atomic mass is 9.99. The molecular formula is C22H19N5O3. The monoisotopic (exact) mass is 401 g/mol. The van der Waals surface area contributed by atoms with Gasteiger partial charge in [0.25, 0.3) is 5.91 Å². The van der Waals surface area contributed by atoms with Crippen molar-refractivity contribution in [3.63, 3.8) is 0 Å². The van der Waals surface area contributed by atoms with E-state index in [0.29, 0.717) is 13.1 Å².